The molecule has 39 heavy (non-hydrogen) atoms. The molecule has 1 aromatic carbocycles. The van der Waals surface area contributed by atoms with Crippen molar-refractivity contribution >= 4 is 11.1 Å². The lowest BCUT2D eigenvalue weighted by molar-refractivity contribution is 0.308. The van der Waals surface area contributed by atoms with Gasteiger partial charge in [-0.2, -0.15) is 0 Å². The summed E-state index contributed by atoms with van der Waals surface area (Å²) in [6, 6.07) is 10.9. The van der Waals surface area contributed by atoms with Crippen molar-refractivity contribution < 1.29 is 0 Å². The first-order valence-electron chi connectivity index (χ1n) is 15.1. The van der Waals surface area contributed by atoms with Crippen molar-refractivity contribution in [2.45, 2.75) is 69.6 Å². The number of aromatic amines is 2. The lowest BCUT2D eigenvalue weighted by Gasteiger charge is -2.31. The highest BCUT2D eigenvalue weighted by molar-refractivity contribution is 5.82. The van der Waals surface area contributed by atoms with Crippen LogP contribution in [0.25, 0.3) is 22.4 Å². The van der Waals surface area contributed by atoms with E-state index in [-0.39, 0.29) is 0 Å². The van der Waals surface area contributed by atoms with Crippen LogP contribution < -0.4 is 16.0 Å². The third kappa shape index (κ3) is 4.14. The maximum Gasteiger partial charge on any atom is 0.123 e. The fraction of sp³-hybridized carbons (Fsp3) is 0.500. The van der Waals surface area contributed by atoms with Crippen LogP contribution in [0.5, 0.6) is 0 Å². The predicted molar refractivity (Wildman–Crippen MR) is 155 cm³/mol. The first-order valence-corrected chi connectivity index (χ1v) is 15.1. The van der Waals surface area contributed by atoms with Crippen molar-refractivity contribution in [3.8, 4) is 11.3 Å². The molecule has 0 spiro atoms. The first-order chi connectivity index (χ1) is 19.2. The summed E-state index contributed by atoms with van der Waals surface area (Å²) >= 11 is 0. The standard InChI is InChI=1S/C32H39N7/c1-18-14-25-29-21(19-6-8-20(9-7-19)27-16-35-31(38-27)23-4-2-12-33-23)10-11-22(30(29)26(15-18)37-25)28-17-36-32(39-28)24-5-3-13-34-24/h6-11,16-18,23-26,29-30,33-34,37H,2-5,12-15H2,1H3,(H,35,38)(H,36,39). The van der Waals surface area contributed by atoms with Crippen LogP contribution in [0, 0.1) is 17.8 Å². The molecule has 2 bridgehead atoms. The Balaban J connectivity index is 1.11. The van der Waals surface area contributed by atoms with Crippen LogP contribution in [0.15, 0.2) is 48.8 Å². The molecule has 0 amide bonds. The lowest BCUT2D eigenvalue weighted by atomic mass is 9.72. The highest BCUT2D eigenvalue weighted by Crippen LogP contribution is 2.52. The Kier molecular flexibility index (Phi) is 5.86. The molecule has 7 atom stereocenters. The van der Waals surface area contributed by atoms with Crippen LogP contribution in [0.4, 0.5) is 0 Å². The van der Waals surface area contributed by atoms with E-state index < -0.39 is 0 Å². The summed E-state index contributed by atoms with van der Waals surface area (Å²) in [5.41, 5.74) is 7.74. The lowest BCUT2D eigenvalue weighted by Crippen LogP contribution is -2.39. The van der Waals surface area contributed by atoms with Gasteiger partial charge in [0, 0.05) is 23.9 Å². The molecule has 4 fully saturated rings. The highest BCUT2D eigenvalue weighted by Gasteiger charge is 2.51. The molecule has 202 valence electrons. The second kappa shape index (κ2) is 9.58. The second-order valence-electron chi connectivity index (χ2n) is 12.5. The maximum absolute atomic E-state index is 4.82. The van der Waals surface area contributed by atoms with E-state index in [1.54, 1.807) is 0 Å². The maximum atomic E-state index is 4.82. The molecule has 4 saturated heterocycles. The molecule has 5 N–H and O–H groups in total. The van der Waals surface area contributed by atoms with Crippen molar-refractivity contribution in [2.75, 3.05) is 13.1 Å². The van der Waals surface area contributed by atoms with Crippen molar-refractivity contribution in [2.24, 2.45) is 17.8 Å². The van der Waals surface area contributed by atoms with Crippen molar-refractivity contribution in [1.29, 1.82) is 0 Å². The van der Waals surface area contributed by atoms with E-state index in [4.69, 9.17) is 4.98 Å². The van der Waals surface area contributed by atoms with Gasteiger partial charge in [0.2, 0.25) is 0 Å². The Morgan fingerprint density at radius 3 is 1.90 bits per heavy atom. The molecule has 8 rings (SSSR count). The normalized spacial score (nSPS) is 33.7. The summed E-state index contributed by atoms with van der Waals surface area (Å²) in [7, 11) is 0. The number of hydrogen-bond donors (Lipinski definition) is 5. The number of H-pyrrole nitrogens is 2. The zero-order valence-corrected chi connectivity index (χ0v) is 22.7. The van der Waals surface area contributed by atoms with Crippen molar-refractivity contribution in [1.82, 2.24) is 35.9 Å². The number of benzene rings is 1. The Bertz CT molecular complexity index is 1400. The van der Waals surface area contributed by atoms with Gasteiger partial charge in [0.15, 0.2) is 0 Å². The van der Waals surface area contributed by atoms with Crippen LogP contribution in [0.2, 0.25) is 0 Å². The molecule has 3 aromatic rings. The number of nitrogens with zero attached hydrogens (tertiary/aromatic N) is 2. The summed E-state index contributed by atoms with van der Waals surface area (Å²) in [6.45, 7) is 4.60. The van der Waals surface area contributed by atoms with Gasteiger partial charge in [-0.25, -0.2) is 9.97 Å². The summed E-state index contributed by atoms with van der Waals surface area (Å²) in [6.07, 6.45) is 16.1. The van der Waals surface area contributed by atoms with Crippen molar-refractivity contribution in [3.63, 3.8) is 0 Å². The summed E-state index contributed by atoms with van der Waals surface area (Å²) < 4.78 is 0. The average molecular weight is 522 g/mol. The molecule has 7 unspecified atom stereocenters. The fourth-order valence-electron chi connectivity index (χ4n) is 8.15. The van der Waals surface area contributed by atoms with Gasteiger partial charge >= 0.3 is 0 Å². The zero-order valence-electron chi connectivity index (χ0n) is 22.7. The van der Waals surface area contributed by atoms with E-state index in [1.165, 1.54) is 60.1 Å². The number of imidazole rings is 2. The van der Waals surface area contributed by atoms with Gasteiger partial charge < -0.3 is 25.9 Å². The minimum atomic E-state index is 0.361. The van der Waals surface area contributed by atoms with E-state index in [0.29, 0.717) is 36.0 Å². The molecule has 1 aliphatic carbocycles. The SMILES string of the molecule is CC1CC2NC(C1)C1C(c3cnc(C4CCCN4)[nH]3)=CC=C(c3ccc(-c4cnc(C5CCCN5)[nH]4)cc3)C21. The van der Waals surface area contributed by atoms with Gasteiger partial charge in [-0.1, -0.05) is 43.3 Å². The smallest absolute Gasteiger partial charge is 0.123 e. The monoisotopic (exact) mass is 521 g/mol. The fourth-order valence-corrected chi connectivity index (χ4v) is 8.15. The van der Waals surface area contributed by atoms with E-state index in [0.717, 1.165) is 42.8 Å². The zero-order chi connectivity index (χ0) is 25.9. The molecule has 6 heterocycles. The van der Waals surface area contributed by atoms with E-state index >= 15 is 0 Å². The largest absolute Gasteiger partial charge is 0.341 e. The number of rotatable bonds is 5. The minimum Gasteiger partial charge on any atom is -0.341 e. The molecule has 4 aliphatic heterocycles. The van der Waals surface area contributed by atoms with Crippen LogP contribution >= 0.6 is 0 Å². The van der Waals surface area contributed by atoms with Gasteiger partial charge in [-0.15, -0.1) is 0 Å². The predicted octanol–water partition coefficient (Wildman–Crippen LogP) is 5.13. The average Bonchev–Trinajstić information content (AvgIpc) is 3.78. The molecule has 2 aromatic heterocycles. The molecular formula is C32H39N7. The highest BCUT2D eigenvalue weighted by atomic mass is 15.1. The van der Waals surface area contributed by atoms with Crippen LogP contribution in [-0.4, -0.2) is 45.1 Å². The third-order valence-electron chi connectivity index (χ3n) is 9.97. The van der Waals surface area contributed by atoms with E-state index in [9.17, 15) is 0 Å². The summed E-state index contributed by atoms with van der Waals surface area (Å²) in [5, 5.41) is 11.2. The third-order valence-corrected chi connectivity index (χ3v) is 9.97. The number of nitrogens with one attached hydrogen (secondary N) is 5. The van der Waals surface area contributed by atoms with Gasteiger partial charge in [-0.05, 0) is 79.8 Å². The molecule has 0 radical (unpaired) electrons. The minimum absolute atomic E-state index is 0.361. The van der Waals surface area contributed by atoms with Crippen LogP contribution in [-0.2, 0) is 0 Å². The molecule has 7 nitrogen and oxygen atoms in total. The Hall–Kier alpha value is -3.00. The van der Waals surface area contributed by atoms with Gasteiger partial charge in [0.25, 0.3) is 0 Å². The number of fused-ring (bicyclic) bond motifs is 5. The summed E-state index contributed by atoms with van der Waals surface area (Å²) in [5.74, 6) is 3.86. The Morgan fingerprint density at radius 1 is 0.692 bits per heavy atom. The molecule has 0 saturated carbocycles. The Labute approximate surface area is 230 Å². The van der Waals surface area contributed by atoms with Crippen molar-refractivity contribution in [3.05, 3.63) is 71.7 Å². The molecule has 5 aliphatic rings. The number of piperidine rings is 1. The van der Waals surface area contributed by atoms with E-state index in [1.807, 2.05) is 6.20 Å². The van der Waals surface area contributed by atoms with Gasteiger partial charge in [-0.3, -0.25) is 0 Å². The number of allylic oxidation sites excluding steroid dienone is 2. The van der Waals surface area contributed by atoms with Crippen LogP contribution in [0.1, 0.15) is 80.4 Å². The number of hydrogen-bond acceptors (Lipinski definition) is 5. The molecular weight excluding hydrogens is 482 g/mol. The first kappa shape index (κ1) is 23.9. The Morgan fingerprint density at radius 2 is 1.26 bits per heavy atom. The quantitative estimate of drug-likeness (QED) is 0.321. The second-order valence-corrected chi connectivity index (χ2v) is 12.5. The number of aromatic nitrogens is 4. The summed E-state index contributed by atoms with van der Waals surface area (Å²) in [4.78, 5) is 16.8. The van der Waals surface area contributed by atoms with E-state index in [2.05, 4.69) is 80.4 Å². The van der Waals surface area contributed by atoms with Crippen LogP contribution in [0.3, 0.4) is 0 Å². The van der Waals surface area contributed by atoms with Gasteiger partial charge in [0.05, 0.1) is 35.9 Å². The topological polar surface area (TPSA) is 93.4 Å². The molecule has 7 heteroatoms. The van der Waals surface area contributed by atoms with Gasteiger partial charge in [0.1, 0.15) is 11.6 Å².